The van der Waals surface area contributed by atoms with Gasteiger partial charge in [0, 0.05) is 5.56 Å². The minimum atomic E-state index is 0.416. The molecule has 0 amide bonds. The molecule has 0 aliphatic heterocycles. The van der Waals surface area contributed by atoms with Crippen LogP contribution in [0.25, 0.3) is 11.4 Å². The highest BCUT2D eigenvalue weighted by molar-refractivity contribution is 7.71. The zero-order valence-corrected chi connectivity index (χ0v) is 13.4. The minimum absolute atomic E-state index is 0.416. The largest absolute Gasteiger partial charge is 0.250 e. The molecule has 0 spiro atoms. The molecule has 0 atom stereocenters. The Morgan fingerprint density at radius 3 is 2.68 bits per heavy atom. The molecule has 0 unspecified atom stereocenters. The Morgan fingerprint density at radius 1 is 1.18 bits per heavy atom. The van der Waals surface area contributed by atoms with E-state index in [1.54, 1.807) is 10.9 Å². The van der Waals surface area contributed by atoms with Gasteiger partial charge in [0.05, 0.1) is 11.2 Å². The lowest BCUT2D eigenvalue weighted by Gasteiger charge is -2.03. The molecule has 4 nitrogen and oxygen atoms in total. The first kappa shape index (κ1) is 14.7. The quantitative estimate of drug-likeness (QED) is 0.570. The van der Waals surface area contributed by atoms with Gasteiger partial charge in [-0.15, -0.1) is 0 Å². The van der Waals surface area contributed by atoms with E-state index in [4.69, 9.17) is 23.8 Å². The van der Waals surface area contributed by atoms with E-state index in [0.29, 0.717) is 15.6 Å². The van der Waals surface area contributed by atoms with E-state index in [9.17, 15) is 0 Å². The van der Waals surface area contributed by atoms with Crippen LogP contribution in [-0.4, -0.2) is 21.1 Å². The van der Waals surface area contributed by atoms with Crippen LogP contribution in [0.3, 0.4) is 0 Å². The standard InChI is InChI=1S/C16H13ClN4S/c1-11-6-2-3-7-12(11)10-18-21-15(19-20-16(21)22)13-8-4-5-9-14(13)17/h2-10H,1H3,(H,20,22)/b18-10+. The highest BCUT2D eigenvalue weighted by atomic mass is 35.5. The van der Waals surface area contributed by atoms with Gasteiger partial charge in [-0.2, -0.15) is 14.9 Å². The summed E-state index contributed by atoms with van der Waals surface area (Å²) in [5.74, 6) is 0.584. The average molecular weight is 329 g/mol. The van der Waals surface area contributed by atoms with Gasteiger partial charge in [-0.25, -0.2) is 5.10 Å². The van der Waals surface area contributed by atoms with Crippen LogP contribution in [0.2, 0.25) is 5.02 Å². The summed E-state index contributed by atoms with van der Waals surface area (Å²) in [6.45, 7) is 2.03. The van der Waals surface area contributed by atoms with Crippen molar-refractivity contribution in [1.29, 1.82) is 0 Å². The van der Waals surface area contributed by atoms with Crippen molar-refractivity contribution in [1.82, 2.24) is 14.9 Å². The van der Waals surface area contributed by atoms with Crippen molar-refractivity contribution in [2.75, 3.05) is 0 Å². The lowest BCUT2D eigenvalue weighted by Crippen LogP contribution is -1.96. The summed E-state index contributed by atoms with van der Waals surface area (Å²) in [5, 5.41) is 12.0. The Morgan fingerprint density at radius 2 is 1.91 bits per heavy atom. The van der Waals surface area contributed by atoms with E-state index < -0.39 is 0 Å². The maximum Gasteiger partial charge on any atom is 0.216 e. The van der Waals surface area contributed by atoms with Gasteiger partial charge in [0.15, 0.2) is 5.82 Å². The third-order valence-electron chi connectivity index (χ3n) is 3.27. The molecule has 0 fully saturated rings. The van der Waals surface area contributed by atoms with Gasteiger partial charge in [-0.3, -0.25) is 0 Å². The number of nitrogens with one attached hydrogen (secondary N) is 1. The maximum absolute atomic E-state index is 6.23. The molecule has 6 heteroatoms. The molecule has 0 saturated carbocycles. The molecule has 0 radical (unpaired) electrons. The Balaban J connectivity index is 2.06. The fourth-order valence-electron chi connectivity index (χ4n) is 2.07. The Kier molecular flexibility index (Phi) is 4.18. The van der Waals surface area contributed by atoms with Crippen molar-refractivity contribution in [3.05, 3.63) is 69.5 Å². The topological polar surface area (TPSA) is 46.0 Å². The van der Waals surface area contributed by atoms with Crippen molar-refractivity contribution >= 4 is 30.0 Å². The van der Waals surface area contributed by atoms with Crippen LogP contribution >= 0.6 is 23.8 Å². The number of aryl methyl sites for hydroxylation is 1. The lowest BCUT2D eigenvalue weighted by atomic mass is 10.1. The van der Waals surface area contributed by atoms with Crippen molar-refractivity contribution in [2.24, 2.45) is 5.10 Å². The van der Waals surface area contributed by atoms with Crippen LogP contribution in [0.15, 0.2) is 53.6 Å². The second kappa shape index (κ2) is 6.25. The molecule has 2 aromatic carbocycles. The number of aromatic amines is 1. The molecular formula is C16H13ClN4S. The van der Waals surface area contributed by atoms with Gasteiger partial charge in [-0.05, 0) is 42.4 Å². The predicted molar refractivity (Wildman–Crippen MR) is 92.0 cm³/mol. The van der Waals surface area contributed by atoms with Gasteiger partial charge < -0.3 is 0 Å². The monoisotopic (exact) mass is 328 g/mol. The minimum Gasteiger partial charge on any atom is -0.250 e. The second-order valence-corrected chi connectivity index (χ2v) is 5.54. The summed E-state index contributed by atoms with van der Waals surface area (Å²) in [5.41, 5.74) is 2.94. The van der Waals surface area contributed by atoms with Crippen LogP contribution in [0.1, 0.15) is 11.1 Å². The third-order valence-corrected chi connectivity index (χ3v) is 3.86. The van der Waals surface area contributed by atoms with E-state index in [1.165, 1.54) is 0 Å². The first-order valence-electron chi connectivity index (χ1n) is 6.69. The number of aromatic nitrogens is 3. The van der Waals surface area contributed by atoms with Crippen LogP contribution in [0.5, 0.6) is 0 Å². The van der Waals surface area contributed by atoms with Gasteiger partial charge in [0.2, 0.25) is 4.77 Å². The number of hydrogen-bond donors (Lipinski definition) is 1. The molecule has 3 rings (SSSR count). The Bertz CT molecular complexity index is 895. The van der Waals surface area contributed by atoms with E-state index in [2.05, 4.69) is 15.3 Å². The van der Waals surface area contributed by atoms with Crippen molar-refractivity contribution in [2.45, 2.75) is 6.92 Å². The van der Waals surface area contributed by atoms with Crippen LogP contribution in [0, 0.1) is 11.7 Å². The molecule has 22 heavy (non-hydrogen) atoms. The van der Waals surface area contributed by atoms with Gasteiger partial charge >= 0.3 is 0 Å². The first-order valence-corrected chi connectivity index (χ1v) is 7.48. The molecule has 1 heterocycles. The predicted octanol–water partition coefficient (Wildman–Crippen LogP) is 4.45. The van der Waals surface area contributed by atoms with E-state index in [0.717, 1.165) is 16.7 Å². The number of hydrogen-bond acceptors (Lipinski definition) is 3. The molecule has 0 saturated heterocycles. The summed E-state index contributed by atoms with van der Waals surface area (Å²) in [6.07, 6.45) is 1.76. The van der Waals surface area contributed by atoms with Crippen LogP contribution < -0.4 is 0 Å². The summed E-state index contributed by atoms with van der Waals surface area (Å²) >= 11 is 11.5. The third kappa shape index (κ3) is 2.86. The maximum atomic E-state index is 6.23. The molecule has 3 aromatic rings. The molecule has 1 aromatic heterocycles. The molecular weight excluding hydrogens is 316 g/mol. The molecule has 1 N–H and O–H groups in total. The normalized spacial score (nSPS) is 11.2. The van der Waals surface area contributed by atoms with E-state index in [1.807, 2.05) is 55.5 Å². The van der Waals surface area contributed by atoms with Gasteiger partial charge in [-0.1, -0.05) is 48.0 Å². The van der Waals surface area contributed by atoms with Crippen molar-refractivity contribution in [3.8, 4) is 11.4 Å². The smallest absolute Gasteiger partial charge is 0.216 e. The van der Waals surface area contributed by atoms with Crippen molar-refractivity contribution < 1.29 is 0 Å². The SMILES string of the molecule is Cc1ccccc1/C=N/n1c(-c2ccccc2Cl)n[nH]c1=S. The van der Waals surface area contributed by atoms with Crippen LogP contribution in [-0.2, 0) is 0 Å². The Labute approximate surface area is 138 Å². The number of H-pyrrole nitrogens is 1. The van der Waals surface area contributed by atoms with Gasteiger partial charge in [0.25, 0.3) is 0 Å². The highest BCUT2D eigenvalue weighted by Crippen LogP contribution is 2.25. The fourth-order valence-corrected chi connectivity index (χ4v) is 2.47. The molecule has 0 bridgehead atoms. The van der Waals surface area contributed by atoms with Crippen molar-refractivity contribution in [3.63, 3.8) is 0 Å². The number of benzene rings is 2. The molecule has 110 valence electrons. The summed E-state index contributed by atoms with van der Waals surface area (Å²) in [6, 6.07) is 15.4. The zero-order chi connectivity index (χ0) is 15.5. The zero-order valence-electron chi connectivity index (χ0n) is 11.8. The summed E-state index contributed by atoms with van der Waals surface area (Å²) < 4.78 is 1.99. The average Bonchev–Trinajstić information content (AvgIpc) is 2.88. The summed E-state index contributed by atoms with van der Waals surface area (Å²) in [4.78, 5) is 0. The number of halogens is 1. The lowest BCUT2D eigenvalue weighted by molar-refractivity contribution is 0.871. The van der Waals surface area contributed by atoms with E-state index in [-0.39, 0.29) is 0 Å². The molecule has 0 aliphatic carbocycles. The molecule has 0 aliphatic rings. The number of rotatable bonds is 3. The van der Waals surface area contributed by atoms with Gasteiger partial charge in [0.1, 0.15) is 0 Å². The fraction of sp³-hybridized carbons (Fsp3) is 0.0625. The first-order chi connectivity index (χ1) is 10.7. The second-order valence-electron chi connectivity index (χ2n) is 4.75. The van der Waals surface area contributed by atoms with E-state index >= 15 is 0 Å². The summed E-state index contributed by atoms with van der Waals surface area (Å²) in [7, 11) is 0. The Hall–Kier alpha value is -2.24. The highest BCUT2D eigenvalue weighted by Gasteiger charge is 2.11. The number of nitrogens with zero attached hydrogens (tertiary/aromatic N) is 3. The van der Waals surface area contributed by atoms with Crippen LogP contribution in [0.4, 0.5) is 0 Å².